The highest BCUT2D eigenvalue weighted by Gasteiger charge is 2.33. The lowest BCUT2D eigenvalue weighted by molar-refractivity contribution is -0.130. The number of pyridine rings is 1. The molecule has 3 heterocycles. The van der Waals surface area contributed by atoms with Gasteiger partial charge in [-0.2, -0.15) is 5.10 Å². The van der Waals surface area contributed by atoms with E-state index >= 15 is 0 Å². The Labute approximate surface area is 132 Å². The molecule has 0 radical (unpaired) electrons. The van der Waals surface area contributed by atoms with E-state index < -0.39 is 6.10 Å². The van der Waals surface area contributed by atoms with Gasteiger partial charge in [0.15, 0.2) is 0 Å². The number of likely N-dealkylation sites (tertiary alicyclic amines) is 1. The maximum absolute atomic E-state index is 12.2. The molecule has 8 nitrogen and oxygen atoms in total. The molecule has 0 spiro atoms. The van der Waals surface area contributed by atoms with Crippen LogP contribution in [0.4, 0.5) is 0 Å². The molecule has 1 fully saturated rings. The Hall–Kier alpha value is -2.48. The number of carbonyl (C=O) groups is 1. The minimum atomic E-state index is -0.516. The minimum Gasteiger partial charge on any atom is -0.391 e. The molecule has 122 valence electrons. The largest absolute Gasteiger partial charge is 0.391 e. The van der Waals surface area contributed by atoms with Crippen LogP contribution in [0.25, 0.3) is 0 Å². The maximum Gasteiger partial charge on any atom is 0.340 e. The fourth-order valence-electron chi connectivity index (χ4n) is 2.89. The van der Waals surface area contributed by atoms with E-state index in [1.165, 1.54) is 0 Å². The summed E-state index contributed by atoms with van der Waals surface area (Å²) in [6.07, 6.45) is 4.29. The lowest BCUT2D eigenvalue weighted by Crippen LogP contribution is -2.29. The minimum absolute atomic E-state index is 0.0338. The molecule has 1 saturated heterocycles. The van der Waals surface area contributed by atoms with Crippen molar-refractivity contribution in [3.8, 4) is 0 Å². The van der Waals surface area contributed by atoms with Crippen LogP contribution in [0.15, 0.2) is 29.3 Å². The van der Waals surface area contributed by atoms with Gasteiger partial charge in [0.1, 0.15) is 5.82 Å². The number of nitrogens with one attached hydrogen (secondary N) is 2. The Kier molecular flexibility index (Phi) is 4.52. The maximum atomic E-state index is 12.2. The number of hydrogen-bond acceptors (Lipinski definition) is 5. The Bertz CT molecular complexity index is 711. The van der Waals surface area contributed by atoms with Crippen LogP contribution in [0.1, 0.15) is 17.8 Å². The summed E-state index contributed by atoms with van der Waals surface area (Å²) in [5.41, 5.74) is 0.730. The van der Waals surface area contributed by atoms with E-state index in [0.29, 0.717) is 25.3 Å². The Morgan fingerprint density at radius 2 is 2.13 bits per heavy atom. The fraction of sp³-hybridized carbons (Fsp3) is 0.467. The second kappa shape index (κ2) is 6.74. The fourth-order valence-corrected chi connectivity index (χ4v) is 2.89. The Morgan fingerprint density at radius 3 is 2.83 bits per heavy atom. The third-order valence-electron chi connectivity index (χ3n) is 4.13. The molecule has 0 aliphatic carbocycles. The van der Waals surface area contributed by atoms with Crippen LogP contribution >= 0.6 is 0 Å². The molecule has 1 aliphatic heterocycles. The quantitative estimate of drug-likeness (QED) is 0.687. The smallest absolute Gasteiger partial charge is 0.340 e. The van der Waals surface area contributed by atoms with Crippen LogP contribution in [0, 0.1) is 5.92 Å². The number of aliphatic hydroxyl groups is 1. The van der Waals surface area contributed by atoms with Crippen molar-refractivity contribution in [2.24, 2.45) is 5.92 Å². The number of aromatic nitrogens is 4. The zero-order valence-electron chi connectivity index (χ0n) is 12.6. The van der Waals surface area contributed by atoms with Gasteiger partial charge in [-0.1, -0.05) is 0 Å². The topological polar surface area (TPSA) is 115 Å². The molecule has 1 amide bonds. The third-order valence-corrected chi connectivity index (χ3v) is 4.13. The number of rotatable bonds is 5. The predicted molar refractivity (Wildman–Crippen MR) is 81.5 cm³/mol. The third kappa shape index (κ3) is 3.84. The first-order valence-corrected chi connectivity index (χ1v) is 7.60. The van der Waals surface area contributed by atoms with Crippen molar-refractivity contribution < 1.29 is 9.90 Å². The number of aliphatic hydroxyl groups excluding tert-OH is 1. The summed E-state index contributed by atoms with van der Waals surface area (Å²) < 4.78 is 0. The summed E-state index contributed by atoms with van der Waals surface area (Å²) in [7, 11) is 0. The normalized spacial score (nSPS) is 20.8. The molecule has 0 unspecified atom stereocenters. The van der Waals surface area contributed by atoms with Gasteiger partial charge in [-0.15, -0.1) is 0 Å². The lowest BCUT2D eigenvalue weighted by atomic mass is 9.97. The molecule has 3 rings (SSSR count). The van der Waals surface area contributed by atoms with Crippen molar-refractivity contribution in [3.63, 3.8) is 0 Å². The number of carbonyl (C=O) groups excluding carboxylic acids is 1. The van der Waals surface area contributed by atoms with E-state index in [0.717, 1.165) is 12.0 Å². The molecule has 2 atom stereocenters. The molecule has 2 aromatic rings. The molecule has 0 saturated carbocycles. The van der Waals surface area contributed by atoms with Gasteiger partial charge in [0.2, 0.25) is 5.91 Å². The van der Waals surface area contributed by atoms with Crippen molar-refractivity contribution in [2.45, 2.75) is 25.4 Å². The van der Waals surface area contributed by atoms with Crippen LogP contribution in [-0.4, -0.2) is 55.3 Å². The highest BCUT2D eigenvalue weighted by Crippen LogP contribution is 2.22. The van der Waals surface area contributed by atoms with E-state index in [1.807, 2.05) is 12.1 Å². The standard InChI is InChI=1S/C15H19N5O3/c21-12-9-20(8-11(12)7-10-3-5-16-6-4-10)14(22)2-1-13-17-15(23)19-18-13/h3-6,11-12,21H,1-2,7-9H2,(H2,17,18,19,23)/t11-,12-/m1/s1. The molecule has 8 heteroatoms. The molecule has 0 bridgehead atoms. The van der Waals surface area contributed by atoms with Gasteiger partial charge in [-0.05, 0) is 24.1 Å². The van der Waals surface area contributed by atoms with Gasteiger partial charge < -0.3 is 10.0 Å². The first kappa shape index (κ1) is 15.4. The Balaban J connectivity index is 1.53. The molecular weight excluding hydrogens is 298 g/mol. The van der Waals surface area contributed by atoms with Gasteiger partial charge in [-0.25, -0.2) is 9.89 Å². The summed E-state index contributed by atoms with van der Waals surface area (Å²) in [4.78, 5) is 31.4. The molecule has 0 aromatic carbocycles. The van der Waals surface area contributed by atoms with Gasteiger partial charge >= 0.3 is 5.69 Å². The summed E-state index contributed by atoms with van der Waals surface area (Å²) in [5, 5.41) is 16.2. The number of hydrogen-bond donors (Lipinski definition) is 3. The first-order chi connectivity index (χ1) is 11.1. The van der Waals surface area contributed by atoms with Crippen LogP contribution in [0.2, 0.25) is 0 Å². The van der Waals surface area contributed by atoms with Gasteiger partial charge in [0.05, 0.1) is 6.10 Å². The van der Waals surface area contributed by atoms with Crippen molar-refractivity contribution in [1.82, 2.24) is 25.1 Å². The van der Waals surface area contributed by atoms with Crippen LogP contribution in [0.3, 0.4) is 0 Å². The summed E-state index contributed by atoms with van der Waals surface area (Å²) in [6, 6.07) is 3.84. The van der Waals surface area contributed by atoms with Crippen molar-refractivity contribution in [1.29, 1.82) is 0 Å². The zero-order valence-corrected chi connectivity index (χ0v) is 12.6. The van der Waals surface area contributed by atoms with Crippen molar-refractivity contribution >= 4 is 5.91 Å². The number of aryl methyl sites for hydroxylation is 1. The number of amides is 1. The number of aromatic amines is 2. The van der Waals surface area contributed by atoms with E-state index in [2.05, 4.69) is 20.2 Å². The van der Waals surface area contributed by atoms with Gasteiger partial charge in [0, 0.05) is 44.2 Å². The molecule has 3 N–H and O–H groups in total. The number of H-pyrrole nitrogens is 2. The van der Waals surface area contributed by atoms with Crippen molar-refractivity contribution in [2.75, 3.05) is 13.1 Å². The highest BCUT2D eigenvalue weighted by atomic mass is 16.3. The second-order valence-electron chi connectivity index (χ2n) is 5.81. The summed E-state index contributed by atoms with van der Waals surface area (Å²) >= 11 is 0. The van der Waals surface area contributed by atoms with Gasteiger partial charge in [0.25, 0.3) is 0 Å². The molecule has 2 aromatic heterocycles. The zero-order chi connectivity index (χ0) is 16.2. The SMILES string of the molecule is O=C(CCc1n[nH]c(=O)[nH]1)N1C[C@@H](Cc2ccncc2)[C@H](O)C1. The summed E-state index contributed by atoms with van der Waals surface area (Å²) in [5.74, 6) is 0.466. The second-order valence-corrected chi connectivity index (χ2v) is 5.81. The van der Waals surface area contributed by atoms with E-state index in [9.17, 15) is 14.7 Å². The van der Waals surface area contributed by atoms with Crippen LogP contribution in [-0.2, 0) is 17.6 Å². The highest BCUT2D eigenvalue weighted by molar-refractivity contribution is 5.76. The molecular formula is C15H19N5O3. The first-order valence-electron chi connectivity index (χ1n) is 7.60. The number of β-amino-alcohol motifs (C(OH)–C–C–N with tert-alkyl or cyclic N) is 1. The summed E-state index contributed by atoms with van der Waals surface area (Å²) in [6.45, 7) is 0.894. The van der Waals surface area contributed by atoms with Crippen LogP contribution in [0.5, 0.6) is 0 Å². The number of nitrogens with zero attached hydrogens (tertiary/aromatic N) is 3. The van der Waals surface area contributed by atoms with E-state index in [-0.39, 0.29) is 23.9 Å². The monoisotopic (exact) mass is 317 g/mol. The van der Waals surface area contributed by atoms with Crippen LogP contribution < -0.4 is 5.69 Å². The van der Waals surface area contributed by atoms with Crippen molar-refractivity contribution in [3.05, 3.63) is 46.4 Å². The predicted octanol–water partition coefficient (Wildman–Crippen LogP) is -0.512. The van der Waals surface area contributed by atoms with E-state index in [1.54, 1.807) is 17.3 Å². The average Bonchev–Trinajstić information content (AvgIpc) is 3.12. The molecule has 1 aliphatic rings. The van der Waals surface area contributed by atoms with Gasteiger partial charge in [-0.3, -0.25) is 14.8 Å². The van der Waals surface area contributed by atoms with E-state index in [4.69, 9.17) is 0 Å². The Morgan fingerprint density at radius 1 is 1.35 bits per heavy atom. The molecule has 23 heavy (non-hydrogen) atoms. The average molecular weight is 317 g/mol. The lowest BCUT2D eigenvalue weighted by Gasteiger charge is -2.15.